The molecule has 0 saturated heterocycles. The van der Waals surface area contributed by atoms with Crippen molar-refractivity contribution >= 4 is 32.4 Å². The molecule has 3 aromatic rings. The van der Waals surface area contributed by atoms with Crippen LogP contribution in [0.4, 0.5) is 5.69 Å². The Morgan fingerprint density at radius 2 is 1.50 bits per heavy atom. The molecule has 0 aliphatic carbocycles. The largest absolute Gasteiger partial charge is 0.508 e. The van der Waals surface area contributed by atoms with Gasteiger partial charge >= 0.3 is 0 Å². The van der Waals surface area contributed by atoms with Gasteiger partial charge in [0.2, 0.25) is 0 Å². The predicted molar refractivity (Wildman–Crippen MR) is 109 cm³/mol. The second kappa shape index (κ2) is 8.32. The van der Waals surface area contributed by atoms with Gasteiger partial charge in [-0.1, -0.05) is 42.5 Å². The number of ether oxygens (including phenoxy) is 2. The van der Waals surface area contributed by atoms with E-state index in [0.717, 1.165) is 32.2 Å². The Labute approximate surface area is 161 Å². The number of hydrogen-bond donors (Lipinski definition) is 2. The monoisotopic (exact) mass is 415 g/mol. The van der Waals surface area contributed by atoms with Crippen LogP contribution in [0.2, 0.25) is 0 Å². The van der Waals surface area contributed by atoms with E-state index in [0.29, 0.717) is 25.5 Å². The lowest BCUT2D eigenvalue weighted by atomic mass is 10.1. The van der Waals surface area contributed by atoms with Gasteiger partial charge in [-0.3, -0.25) is 0 Å². The highest BCUT2D eigenvalue weighted by Gasteiger charge is 2.20. The van der Waals surface area contributed by atoms with E-state index in [1.165, 1.54) is 0 Å². The predicted octanol–water partition coefficient (Wildman–Crippen LogP) is 5.72. The van der Waals surface area contributed by atoms with Gasteiger partial charge in [-0.05, 0) is 35.8 Å². The zero-order chi connectivity index (χ0) is 18.5. The molecular formula is C21H22BrNO3. The van der Waals surface area contributed by atoms with E-state index >= 15 is 0 Å². The maximum Gasteiger partial charge on any atom is 0.186 e. The third-order valence-corrected chi connectivity index (χ3v) is 4.91. The van der Waals surface area contributed by atoms with E-state index in [2.05, 4.69) is 21.2 Å². The summed E-state index contributed by atoms with van der Waals surface area (Å²) >= 11 is 3.72. The molecule has 0 heterocycles. The molecule has 0 aliphatic rings. The van der Waals surface area contributed by atoms with Crippen molar-refractivity contribution < 1.29 is 14.6 Å². The molecule has 0 saturated carbocycles. The molecule has 0 atom stereocenters. The number of fused-ring (bicyclic) bond motifs is 1. The van der Waals surface area contributed by atoms with Crippen molar-refractivity contribution in [2.24, 2.45) is 0 Å². The van der Waals surface area contributed by atoms with Crippen LogP contribution < -0.4 is 14.8 Å². The Bertz CT molecular complexity index is 911. The van der Waals surface area contributed by atoms with E-state index in [-0.39, 0.29) is 5.75 Å². The Hall–Kier alpha value is -2.40. The molecular weight excluding hydrogens is 394 g/mol. The summed E-state index contributed by atoms with van der Waals surface area (Å²) in [6.07, 6.45) is 0. The van der Waals surface area contributed by atoms with Crippen molar-refractivity contribution in [3.05, 3.63) is 58.6 Å². The molecule has 0 fully saturated rings. The van der Waals surface area contributed by atoms with Gasteiger partial charge in [-0.25, -0.2) is 0 Å². The lowest BCUT2D eigenvalue weighted by Crippen LogP contribution is -2.07. The van der Waals surface area contributed by atoms with Gasteiger partial charge in [0.25, 0.3) is 0 Å². The highest BCUT2D eigenvalue weighted by atomic mass is 79.9. The minimum absolute atomic E-state index is 0.264. The number of phenolic OH excluding ortho intramolecular Hbond substituents is 1. The molecule has 0 spiro atoms. The van der Waals surface area contributed by atoms with Crippen molar-refractivity contribution in [3.63, 3.8) is 0 Å². The number of hydrogen-bond acceptors (Lipinski definition) is 4. The zero-order valence-corrected chi connectivity index (χ0v) is 16.5. The molecule has 0 unspecified atom stereocenters. The number of halogens is 1. The van der Waals surface area contributed by atoms with Crippen LogP contribution >= 0.6 is 15.9 Å². The Balaban J connectivity index is 2.11. The van der Waals surface area contributed by atoms with Gasteiger partial charge in [-0.15, -0.1) is 0 Å². The maximum absolute atomic E-state index is 10.0. The van der Waals surface area contributed by atoms with Gasteiger partial charge in [0.05, 0.1) is 23.4 Å². The van der Waals surface area contributed by atoms with E-state index in [4.69, 9.17) is 9.47 Å². The van der Waals surface area contributed by atoms with Crippen LogP contribution in [0, 0.1) is 0 Å². The van der Waals surface area contributed by atoms with E-state index in [1.54, 1.807) is 6.07 Å². The Kier molecular flexibility index (Phi) is 5.89. The minimum Gasteiger partial charge on any atom is -0.508 e. The number of nitrogens with one attached hydrogen (secondary N) is 1. The summed E-state index contributed by atoms with van der Waals surface area (Å²) in [5.74, 6) is 1.67. The Morgan fingerprint density at radius 3 is 2.19 bits per heavy atom. The van der Waals surface area contributed by atoms with E-state index in [9.17, 15) is 5.11 Å². The SMILES string of the molecule is CCOc1c(NCc2ccccc2O)c(Br)c2ccccc2c1OCC. The fraction of sp³-hybridized carbons (Fsp3) is 0.238. The standard InChI is InChI=1S/C21H22BrNO3/c1-3-25-20-16-11-7-6-10-15(16)18(22)19(21(20)26-4-2)23-13-14-9-5-8-12-17(14)24/h5-12,23-24H,3-4,13H2,1-2H3. The van der Waals surface area contributed by atoms with Crippen molar-refractivity contribution in [2.45, 2.75) is 20.4 Å². The van der Waals surface area contributed by atoms with Crippen molar-refractivity contribution in [2.75, 3.05) is 18.5 Å². The van der Waals surface area contributed by atoms with Gasteiger partial charge in [0.1, 0.15) is 5.75 Å². The van der Waals surface area contributed by atoms with Crippen molar-refractivity contribution in [1.82, 2.24) is 0 Å². The smallest absolute Gasteiger partial charge is 0.186 e. The van der Waals surface area contributed by atoms with Crippen LogP contribution in [-0.2, 0) is 6.54 Å². The summed E-state index contributed by atoms with van der Waals surface area (Å²) in [5, 5.41) is 15.5. The average Bonchev–Trinajstić information content (AvgIpc) is 2.66. The van der Waals surface area contributed by atoms with Crippen LogP contribution in [0.3, 0.4) is 0 Å². The van der Waals surface area contributed by atoms with Gasteiger partial charge in [-0.2, -0.15) is 0 Å². The molecule has 2 N–H and O–H groups in total. The summed E-state index contributed by atoms with van der Waals surface area (Å²) in [7, 11) is 0. The second-order valence-electron chi connectivity index (χ2n) is 5.74. The second-order valence-corrected chi connectivity index (χ2v) is 6.53. The van der Waals surface area contributed by atoms with E-state index in [1.807, 2.05) is 56.3 Å². The molecule has 4 nitrogen and oxygen atoms in total. The highest BCUT2D eigenvalue weighted by molar-refractivity contribution is 9.10. The Morgan fingerprint density at radius 1 is 0.885 bits per heavy atom. The van der Waals surface area contributed by atoms with Crippen LogP contribution in [0.15, 0.2) is 53.0 Å². The summed E-state index contributed by atoms with van der Waals surface area (Å²) in [4.78, 5) is 0. The zero-order valence-electron chi connectivity index (χ0n) is 14.9. The number of rotatable bonds is 7. The number of phenols is 1. The average molecular weight is 416 g/mol. The number of para-hydroxylation sites is 1. The third-order valence-electron chi connectivity index (χ3n) is 4.09. The molecule has 0 bridgehead atoms. The lowest BCUT2D eigenvalue weighted by Gasteiger charge is -2.21. The van der Waals surface area contributed by atoms with Gasteiger partial charge in [0, 0.05) is 22.9 Å². The summed E-state index contributed by atoms with van der Waals surface area (Å²) in [5.41, 5.74) is 1.63. The highest BCUT2D eigenvalue weighted by Crippen LogP contribution is 2.48. The minimum atomic E-state index is 0.264. The van der Waals surface area contributed by atoms with Crippen molar-refractivity contribution in [3.8, 4) is 17.2 Å². The van der Waals surface area contributed by atoms with Crippen LogP contribution in [0.25, 0.3) is 10.8 Å². The fourth-order valence-electron chi connectivity index (χ4n) is 2.91. The molecule has 26 heavy (non-hydrogen) atoms. The normalized spacial score (nSPS) is 10.7. The molecule has 136 valence electrons. The van der Waals surface area contributed by atoms with Crippen LogP contribution in [0.1, 0.15) is 19.4 Å². The molecule has 3 rings (SSSR count). The number of anilines is 1. The fourth-order valence-corrected chi connectivity index (χ4v) is 3.58. The molecule has 5 heteroatoms. The van der Waals surface area contributed by atoms with Gasteiger partial charge in [0.15, 0.2) is 11.5 Å². The first kappa shape index (κ1) is 18.4. The summed E-state index contributed by atoms with van der Waals surface area (Å²) in [6.45, 7) is 5.45. The van der Waals surface area contributed by atoms with Crippen LogP contribution in [0.5, 0.6) is 17.2 Å². The molecule has 0 aromatic heterocycles. The van der Waals surface area contributed by atoms with Gasteiger partial charge < -0.3 is 19.9 Å². The van der Waals surface area contributed by atoms with E-state index < -0.39 is 0 Å². The first-order valence-electron chi connectivity index (χ1n) is 8.67. The quantitative estimate of drug-likeness (QED) is 0.518. The summed E-state index contributed by atoms with van der Waals surface area (Å²) in [6, 6.07) is 15.3. The molecule has 3 aromatic carbocycles. The first-order valence-corrected chi connectivity index (χ1v) is 9.47. The maximum atomic E-state index is 10.0. The topological polar surface area (TPSA) is 50.7 Å². The van der Waals surface area contributed by atoms with Crippen LogP contribution in [-0.4, -0.2) is 18.3 Å². The number of benzene rings is 3. The lowest BCUT2D eigenvalue weighted by molar-refractivity contribution is 0.291. The molecule has 0 aliphatic heterocycles. The number of aromatic hydroxyl groups is 1. The molecule has 0 radical (unpaired) electrons. The molecule has 0 amide bonds. The third kappa shape index (κ3) is 3.58. The van der Waals surface area contributed by atoms with Crippen molar-refractivity contribution in [1.29, 1.82) is 0 Å². The summed E-state index contributed by atoms with van der Waals surface area (Å²) < 4.78 is 12.8. The first-order chi connectivity index (χ1) is 12.7.